The SMILES string of the molecule is O=C(NCCNC(=O)C(F)(F)F)[C@H]1CC/C=C/C(O)CC1. The Morgan fingerprint density at radius 2 is 1.81 bits per heavy atom. The van der Waals surface area contributed by atoms with Crippen molar-refractivity contribution in [3.63, 3.8) is 0 Å². The highest BCUT2D eigenvalue weighted by Gasteiger charge is 2.38. The van der Waals surface area contributed by atoms with Crippen LogP contribution in [0.4, 0.5) is 13.2 Å². The molecule has 1 unspecified atom stereocenters. The molecule has 120 valence electrons. The van der Waals surface area contributed by atoms with Crippen LogP contribution in [0.25, 0.3) is 0 Å². The van der Waals surface area contributed by atoms with Gasteiger partial charge in [-0.1, -0.05) is 12.2 Å². The average molecular weight is 308 g/mol. The second kappa shape index (κ2) is 8.02. The minimum atomic E-state index is -4.91. The fourth-order valence-corrected chi connectivity index (χ4v) is 2.03. The number of hydrogen-bond acceptors (Lipinski definition) is 3. The van der Waals surface area contributed by atoms with Crippen molar-refractivity contribution in [1.82, 2.24) is 10.6 Å². The van der Waals surface area contributed by atoms with Crippen LogP contribution in [-0.4, -0.2) is 42.3 Å². The molecule has 2 atom stereocenters. The largest absolute Gasteiger partial charge is 0.471 e. The molecule has 2 amide bonds. The molecule has 0 bridgehead atoms. The first-order valence-corrected chi connectivity index (χ1v) is 6.78. The number of amides is 2. The van der Waals surface area contributed by atoms with Gasteiger partial charge in [-0.15, -0.1) is 0 Å². The summed E-state index contributed by atoms with van der Waals surface area (Å²) in [5.41, 5.74) is 0. The van der Waals surface area contributed by atoms with E-state index in [1.807, 2.05) is 6.08 Å². The summed E-state index contributed by atoms with van der Waals surface area (Å²) in [4.78, 5) is 22.4. The van der Waals surface area contributed by atoms with E-state index in [0.717, 1.165) is 0 Å². The first-order chi connectivity index (χ1) is 9.80. The zero-order valence-corrected chi connectivity index (χ0v) is 11.4. The summed E-state index contributed by atoms with van der Waals surface area (Å²) in [6, 6.07) is 0. The molecule has 1 aliphatic carbocycles. The number of aliphatic hydroxyl groups is 1. The molecule has 21 heavy (non-hydrogen) atoms. The average Bonchev–Trinajstić information content (AvgIpc) is 2.37. The second-order valence-electron chi connectivity index (χ2n) is 4.89. The van der Waals surface area contributed by atoms with Gasteiger partial charge in [-0.05, 0) is 25.7 Å². The molecule has 0 spiro atoms. The third-order valence-corrected chi connectivity index (χ3v) is 3.19. The quantitative estimate of drug-likeness (QED) is 0.533. The van der Waals surface area contributed by atoms with Crippen molar-refractivity contribution >= 4 is 11.8 Å². The van der Waals surface area contributed by atoms with Gasteiger partial charge in [-0.25, -0.2) is 0 Å². The normalized spacial score (nSPS) is 24.6. The van der Waals surface area contributed by atoms with Crippen molar-refractivity contribution in [2.24, 2.45) is 5.92 Å². The van der Waals surface area contributed by atoms with Crippen LogP contribution in [-0.2, 0) is 9.59 Å². The van der Waals surface area contributed by atoms with E-state index in [1.165, 1.54) is 0 Å². The highest BCUT2D eigenvalue weighted by molar-refractivity contribution is 5.82. The Hall–Kier alpha value is -1.57. The predicted octanol–water partition coefficient (Wildman–Crippen LogP) is 0.888. The molecule has 0 heterocycles. The number of carbonyl (C=O) groups excluding carboxylic acids is 2. The van der Waals surface area contributed by atoms with E-state index in [4.69, 9.17) is 0 Å². The summed E-state index contributed by atoms with van der Waals surface area (Å²) in [7, 11) is 0. The molecule has 0 saturated carbocycles. The lowest BCUT2D eigenvalue weighted by Gasteiger charge is -2.19. The van der Waals surface area contributed by atoms with Gasteiger partial charge < -0.3 is 15.7 Å². The molecule has 0 saturated heterocycles. The van der Waals surface area contributed by atoms with Crippen LogP contribution in [0.15, 0.2) is 12.2 Å². The lowest BCUT2D eigenvalue weighted by molar-refractivity contribution is -0.173. The van der Waals surface area contributed by atoms with Gasteiger partial charge in [0.2, 0.25) is 5.91 Å². The van der Waals surface area contributed by atoms with Gasteiger partial charge in [-0.3, -0.25) is 9.59 Å². The molecular formula is C13H19F3N2O3. The van der Waals surface area contributed by atoms with Crippen LogP contribution < -0.4 is 10.6 Å². The van der Waals surface area contributed by atoms with E-state index in [9.17, 15) is 27.9 Å². The van der Waals surface area contributed by atoms with Gasteiger partial charge in [0.05, 0.1) is 6.10 Å². The van der Waals surface area contributed by atoms with E-state index in [1.54, 1.807) is 11.4 Å². The number of alkyl halides is 3. The third-order valence-electron chi connectivity index (χ3n) is 3.19. The van der Waals surface area contributed by atoms with Gasteiger partial charge in [0, 0.05) is 19.0 Å². The summed E-state index contributed by atoms with van der Waals surface area (Å²) in [5, 5.41) is 13.7. The smallest absolute Gasteiger partial charge is 0.389 e. The Bertz CT molecular complexity index is 397. The van der Waals surface area contributed by atoms with Gasteiger partial charge in [0.15, 0.2) is 0 Å². The number of hydrogen-bond donors (Lipinski definition) is 3. The molecule has 0 fully saturated rings. The molecule has 3 N–H and O–H groups in total. The summed E-state index contributed by atoms with van der Waals surface area (Å²) in [6.07, 6.45) is 0.322. The van der Waals surface area contributed by atoms with Crippen molar-refractivity contribution in [3.8, 4) is 0 Å². The van der Waals surface area contributed by atoms with Crippen molar-refractivity contribution in [2.75, 3.05) is 13.1 Å². The summed E-state index contributed by atoms with van der Waals surface area (Å²) >= 11 is 0. The topological polar surface area (TPSA) is 78.4 Å². The van der Waals surface area contributed by atoms with Crippen molar-refractivity contribution < 1.29 is 27.9 Å². The van der Waals surface area contributed by atoms with E-state index in [0.29, 0.717) is 25.7 Å². The van der Waals surface area contributed by atoms with Crippen LogP contribution in [0, 0.1) is 5.92 Å². The number of nitrogens with one attached hydrogen (secondary N) is 2. The van der Waals surface area contributed by atoms with Gasteiger partial charge in [0.1, 0.15) is 0 Å². The maximum atomic E-state index is 11.9. The Morgan fingerprint density at radius 3 is 2.48 bits per heavy atom. The van der Waals surface area contributed by atoms with Crippen LogP contribution in [0.2, 0.25) is 0 Å². The molecule has 0 radical (unpaired) electrons. The Morgan fingerprint density at radius 1 is 1.14 bits per heavy atom. The minimum absolute atomic E-state index is 0.0600. The van der Waals surface area contributed by atoms with E-state index in [2.05, 4.69) is 5.32 Å². The number of halogens is 3. The molecule has 1 rings (SSSR count). The highest BCUT2D eigenvalue weighted by Crippen LogP contribution is 2.19. The van der Waals surface area contributed by atoms with E-state index < -0.39 is 18.2 Å². The minimum Gasteiger partial charge on any atom is -0.389 e. The third kappa shape index (κ3) is 6.61. The zero-order chi connectivity index (χ0) is 15.9. The first-order valence-electron chi connectivity index (χ1n) is 6.78. The number of aliphatic hydroxyl groups excluding tert-OH is 1. The molecule has 0 aromatic heterocycles. The molecule has 8 heteroatoms. The van der Waals surface area contributed by atoms with E-state index >= 15 is 0 Å². The highest BCUT2D eigenvalue weighted by atomic mass is 19.4. The predicted molar refractivity (Wildman–Crippen MR) is 69.2 cm³/mol. The molecule has 0 aliphatic heterocycles. The van der Waals surface area contributed by atoms with Gasteiger partial charge in [0.25, 0.3) is 0 Å². The van der Waals surface area contributed by atoms with Crippen LogP contribution in [0.1, 0.15) is 25.7 Å². The van der Waals surface area contributed by atoms with Gasteiger partial charge in [-0.2, -0.15) is 13.2 Å². The van der Waals surface area contributed by atoms with Crippen molar-refractivity contribution in [2.45, 2.75) is 38.0 Å². The van der Waals surface area contributed by atoms with Crippen molar-refractivity contribution in [3.05, 3.63) is 12.2 Å². The molecule has 1 aliphatic rings. The maximum absolute atomic E-state index is 11.9. The number of allylic oxidation sites excluding steroid dienone is 1. The molecule has 5 nitrogen and oxygen atoms in total. The lowest BCUT2D eigenvalue weighted by Crippen LogP contribution is -2.42. The van der Waals surface area contributed by atoms with Crippen LogP contribution in [0.5, 0.6) is 0 Å². The van der Waals surface area contributed by atoms with Crippen LogP contribution >= 0.6 is 0 Å². The first kappa shape index (κ1) is 17.5. The zero-order valence-electron chi connectivity index (χ0n) is 11.4. The Labute approximate surface area is 120 Å². The van der Waals surface area contributed by atoms with Crippen LogP contribution in [0.3, 0.4) is 0 Å². The fourth-order valence-electron chi connectivity index (χ4n) is 2.03. The standard InChI is InChI=1S/C13H19F3N2O3/c14-13(15,16)12(21)18-8-7-17-11(20)9-3-1-2-4-10(19)6-5-9/h2,4,9-10,19H,1,3,5-8H2,(H,17,20)(H,18,21)/b4-2+/t9-,10?/m0/s1. The van der Waals surface area contributed by atoms with Crippen molar-refractivity contribution in [1.29, 1.82) is 0 Å². The molecule has 0 aromatic rings. The summed E-state index contributed by atoms with van der Waals surface area (Å²) < 4.78 is 35.7. The maximum Gasteiger partial charge on any atom is 0.471 e. The summed E-state index contributed by atoms with van der Waals surface area (Å²) in [5.74, 6) is -2.56. The monoisotopic (exact) mass is 308 g/mol. The second-order valence-corrected chi connectivity index (χ2v) is 4.89. The van der Waals surface area contributed by atoms with E-state index in [-0.39, 0.29) is 24.9 Å². The lowest BCUT2D eigenvalue weighted by atomic mass is 9.92. The Balaban J connectivity index is 2.27. The fraction of sp³-hybridized carbons (Fsp3) is 0.692. The number of carbonyl (C=O) groups is 2. The Kier molecular flexibility index (Phi) is 6.67. The molecule has 0 aromatic carbocycles. The number of rotatable bonds is 4. The van der Waals surface area contributed by atoms with Gasteiger partial charge >= 0.3 is 12.1 Å². The molecular weight excluding hydrogens is 289 g/mol. The summed E-state index contributed by atoms with van der Waals surface area (Å²) in [6.45, 7) is -0.338.